The van der Waals surface area contributed by atoms with Gasteiger partial charge >= 0.3 is 8.56 Å². The van der Waals surface area contributed by atoms with E-state index in [2.05, 4.69) is 13.8 Å². The van der Waals surface area contributed by atoms with Crippen molar-refractivity contribution in [2.75, 3.05) is 20.8 Å². The van der Waals surface area contributed by atoms with Crippen LogP contribution in [0.2, 0.25) is 6.04 Å². The van der Waals surface area contributed by atoms with Crippen molar-refractivity contribution in [1.29, 1.82) is 0 Å². The molecule has 1 aliphatic rings. The summed E-state index contributed by atoms with van der Waals surface area (Å²) in [5.74, 6) is 0. The molecular formula is C15H32O3Si. The van der Waals surface area contributed by atoms with Gasteiger partial charge in [-0.2, -0.15) is 0 Å². The predicted molar refractivity (Wildman–Crippen MR) is 81.5 cm³/mol. The number of ether oxygens (including phenoxy) is 1. The highest BCUT2D eigenvalue weighted by Crippen LogP contribution is 2.39. The summed E-state index contributed by atoms with van der Waals surface area (Å²) in [6.45, 7) is 5.32. The Bertz CT molecular complexity index is 234. The second-order valence-corrected chi connectivity index (χ2v) is 9.36. The summed E-state index contributed by atoms with van der Waals surface area (Å²) in [5.41, 5.74) is 0. The standard InChI is InChI=1S/C15H32O3Si/c1-5-7-14-19(16-3,17-4)15(6-2)12-10-8-9-11-13-18-15/h5-14H2,1-4H3. The summed E-state index contributed by atoms with van der Waals surface area (Å²) < 4.78 is 18.4. The molecule has 0 aromatic carbocycles. The van der Waals surface area contributed by atoms with Crippen molar-refractivity contribution in [3.05, 3.63) is 0 Å². The van der Waals surface area contributed by atoms with Gasteiger partial charge in [0.2, 0.25) is 0 Å². The molecule has 1 unspecified atom stereocenters. The van der Waals surface area contributed by atoms with Gasteiger partial charge in [-0.3, -0.25) is 0 Å². The molecule has 1 atom stereocenters. The summed E-state index contributed by atoms with van der Waals surface area (Å²) in [6.07, 6.45) is 9.47. The topological polar surface area (TPSA) is 27.7 Å². The zero-order valence-corrected chi connectivity index (χ0v) is 14.3. The van der Waals surface area contributed by atoms with Crippen LogP contribution in [0.1, 0.15) is 65.2 Å². The van der Waals surface area contributed by atoms with E-state index in [1.165, 1.54) is 38.5 Å². The molecule has 114 valence electrons. The van der Waals surface area contributed by atoms with E-state index < -0.39 is 8.56 Å². The Kier molecular flexibility index (Phi) is 7.58. The van der Waals surface area contributed by atoms with Gasteiger partial charge in [0.05, 0.1) is 0 Å². The molecule has 4 heteroatoms. The lowest BCUT2D eigenvalue weighted by Gasteiger charge is -2.46. The zero-order chi connectivity index (χ0) is 14.2. The van der Waals surface area contributed by atoms with Crippen LogP contribution >= 0.6 is 0 Å². The van der Waals surface area contributed by atoms with Gasteiger partial charge in [0.25, 0.3) is 0 Å². The number of unbranched alkanes of at least 4 members (excludes halogenated alkanes) is 1. The normalized spacial score (nSPS) is 25.9. The highest BCUT2D eigenvalue weighted by Gasteiger charge is 2.56. The Labute approximate surface area is 120 Å². The molecule has 0 aromatic heterocycles. The van der Waals surface area contributed by atoms with E-state index in [1.807, 2.05) is 14.2 Å². The van der Waals surface area contributed by atoms with Crippen LogP contribution in [0.4, 0.5) is 0 Å². The minimum Gasteiger partial charge on any atom is -0.396 e. The van der Waals surface area contributed by atoms with Crippen molar-refractivity contribution < 1.29 is 13.6 Å². The fraction of sp³-hybridized carbons (Fsp3) is 1.00. The maximum atomic E-state index is 6.38. The van der Waals surface area contributed by atoms with Crippen LogP contribution in [0.25, 0.3) is 0 Å². The molecule has 1 saturated heterocycles. The smallest absolute Gasteiger partial charge is 0.370 e. The van der Waals surface area contributed by atoms with Gasteiger partial charge in [-0.1, -0.05) is 46.0 Å². The van der Waals surface area contributed by atoms with Gasteiger partial charge in [-0.15, -0.1) is 0 Å². The third kappa shape index (κ3) is 3.81. The van der Waals surface area contributed by atoms with Gasteiger partial charge < -0.3 is 13.6 Å². The van der Waals surface area contributed by atoms with E-state index in [-0.39, 0.29) is 5.22 Å². The molecule has 0 bridgehead atoms. The first kappa shape index (κ1) is 17.1. The Morgan fingerprint density at radius 1 is 1.05 bits per heavy atom. The van der Waals surface area contributed by atoms with E-state index in [0.717, 1.165) is 25.5 Å². The molecule has 0 amide bonds. The Hall–Kier alpha value is 0.0969. The molecule has 1 fully saturated rings. The van der Waals surface area contributed by atoms with E-state index >= 15 is 0 Å². The van der Waals surface area contributed by atoms with Crippen LogP contribution in [-0.4, -0.2) is 34.6 Å². The summed E-state index contributed by atoms with van der Waals surface area (Å²) in [6, 6.07) is 1.05. The van der Waals surface area contributed by atoms with E-state index in [9.17, 15) is 0 Å². The lowest BCUT2D eigenvalue weighted by molar-refractivity contribution is -0.0425. The van der Waals surface area contributed by atoms with Crippen molar-refractivity contribution >= 4 is 8.56 Å². The molecule has 1 heterocycles. The molecule has 1 rings (SSSR count). The van der Waals surface area contributed by atoms with Crippen LogP contribution in [0.3, 0.4) is 0 Å². The lowest BCUT2D eigenvalue weighted by Crippen LogP contribution is -2.63. The van der Waals surface area contributed by atoms with Crippen LogP contribution in [-0.2, 0) is 13.6 Å². The van der Waals surface area contributed by atoms with Gasteiger partial charge in [-0.25, -0.2) is 0 Å². The van der Waals surface area contributed by atoms with Crippen molar-refractivity contribution in [3.63, 3.8) is 0 Å². The predicted octanol–water partition coefficient (Wildman–Crippen LogP) is 4.19. The highest BCUT2D eigenvalue weighted by atomic mass is 28.4. The highest BCUT2D eigenvalue weighted by molar-refractivity contribution is 6.70. The van der Waals surface area contributed by atoms with Crippen LogP contribution in [0.5, 0.6) is 0 Å². The number of hydrogen-bond donors (Lipinski definition) is 0. The van der Waals surface area contributed by atoms with Crippen LogP contribution in [0, 0.1) is 0 Å². The number of hydrogen-bond acceptors (Lipinski definition) is 3. The van der Waals surface area contributed by atoms with E-state index in [1.54, 1.807) is 0 Å². The molecule has 19 heavy (non-hydrogen) atoms. The molecule has 3 nitrogen and oxygen atoms in total. The summed E-state index contributed by atoms with van der Waals surface area (Å²) in [7, 11) is 1.36. The Morgan fingerprint density at radius 2 is 1.74 bits per heavy atom. The quantitative estimate of drug-likeness (QED) is 0.657. The SMILES string of the molecule is CCCC[Si](OC)(OC)C1(CC)CCCCCCO1. The second kappa shape index (κ2) is 8.40. The molecule has 0 N–H and O–H groups in total. The first-order valence-electron chi connectivity index (χ1n) is 7.94. The third-order valence-corrected chi connectivity index (χ3v) is 9.10. The second-order valence-electron chi connectivity index (χ2n) is 5.63. The average Bonchev–Trinajstić information content (AvgIpc) is 2.42. The molecule has 0 radical (unpaired) electrons. The minimum absolute atomic E-state index is 0.147. The average molecular weight is 289 g/mol. The Balaban J connectivity index is 2.96. The minimum atomic E-state index is -2.29. The fourth-order valence-corrected chi connectivity index (χ4v) is 7.36. The Morgan fingerprint density at radius 3 is 2.32 bits per heavy atom. The molecule has 0 spiro atoms. The maximum absolute atomic E-state index is 6.38. The van der Waals surface area contributed by atoms with Crippen molar-refractivity contribution in [2.24, 2.45) is 0 Å². The molecular weight excluding hydrogens is 256 g/mol. The van der Waals surface area contributed by atoms with Crippen molar-refractivity contribution in [2.45, 2.75) is 76.5 Å². The van der Waals surface area contributed by atoms with Crippen LogP contribution < -0.4 is 0 Å². The first-order chi connectivity index (χ1) is 9.20. The van der Waals surface area contributed by atoms with Gasteiger partial charge in [0.15, 0.2) is 0 Å². The molecule has 0 aromatic rings. The summed E-state index contributed by atoms with van der Waals surface area (Å²) in [4.78, 5) is 0. The largest absolute Gasteiger partial charge is 0.396 e. The maximum Gasteiger partial charge on any atom is 0.370 e. The first-order valence-corrected chi connectivity index (χ1v) is 9.97. The fourth-order valence-electron chi connectivity index (χ4n) is 3.35. The van der Waals surface area contributed by atoms with Crippen molar-refractivity contribution in [1.82, 2.24) is 0 Å². The lowest BCUT2D eigenvalue weighted by atomic mass is 10.0. The van der Waals surface area contributed by atoms with Crippen LogP contribution in [0.15, 0.2) is 0 Å². The molecule has 0 saturated carbocycles. The summed E-state index contributed by atoms with van der Waals surface area (Å²) >= 11 is 0. The molecule has 1 aliphatic heterocycles. The summed E-state index contributed by atoms with van der Waals surface area (Å²) in [5, 5.41) is -0.147. The molecule has 0 aliphatic carbocycles. The van der Waals surface area contributed by atoms with E-state index in [4.69, 9.17) is 13.6 Å². The van der Waals surface area contributed by atoms with Gasteiger partial charge in [0, 0.05) is 20.8 Å². The number of rotatable bonds is 7. The van der Waals surface area contributed by atoms with Gasteiger partial charge in [-0.05, 0) is 25.3 Å². The zero-order valence-electron chi connectivity index (χ0n) is 13.3. The van der Waals surface area contributed by atoms with Gasteiger partial charge in [0.1, 0.15) is 5.22 Å². The van der Waals surface area contributed by atoms with Crippen molar-refractivity contribution in [3.8, 4) is 0 Å². The third-order valence-electron chi connectivity index (χ3n) is 4.64. The monoisotopic (exact) mass is 288 g/mol. The van der Waals surface area contributed by atoms with E-state index in [0.29, 0.717) is 0 Å².